The molecule has 0 unspecified atom stereocenters. The molecule has 2 heterocycles. The van der Waals surface area contributed by atoms with E-state index in [4.69, 9.17) is 16.2 Å². The molecule has 1 aromatic heterocycles. The molecule has 166 valence electrons. The minimum absolute atomic E-state index is 0.0366. The van der Waals surface area contributed by atoms with E-state index in [0.717, 1.165) is 13.2 Å². The molecule has 0 bridgehead atoms. The topological polar surface area (TPSA) is 93.5 Å². The number of nitrogen functional groups attached to an aromatic ring is 2. The van der Waals surface area contributed by atoms with E-state index in [-0.39, 0.29) is 34.8 Å². The number of ether oxygens (including phenoxy) is 1. The van der Waals surface area contributed by atoms with Gasteiger partial charge in [0.1, 0.15) is 5.82 Å². The molecule has 3 rings (SSSR count). The Kier molecular flexibility index (Phi) is 8.31. The SMILES string of the molecule is CCOCC.C[C@@H]1CN(c2cc(F)c(-c3cnc(N)nc3)c(F)c2N)C[C@H](C)N1C. The molecule has 1 aliphatic heterocycles. The van der Waals surface area contributed by atoms with Gasteiger partial charge < -0.3 is 21.1 Å². The number of aromatic nitrogens is 2. The van der Waals surface area contributed by atoms with E-state index >= 15 is 0 Å². The van der Waals surface area contributed by atoms with Crippen LogP contribution in [0.1, 0.15) is 27.7 Å². The second-order valence-corrected chi connectivity index (χ2v) is 7.36. The minimum Gasteiger partial charge on any atom is -0.395 e. The summed E-state index contributed by atoms with van der Waals surface area (Å²) in [5.74, 6) is -1.47. The van der Waals surface area contributed by atoms with Crippen molar-refractivity contribution in [2.24, 2.45) is 0 Å². The van der Waals surface area contributed by atoms with Gasteiger partial charge in [0, 0.05) is 62.4 Å². The molecule has 30 heavy (non-hydrogen) atoms. The van der Waals surface area contributed by atoms with Crippen LogP contribution < -0.4 is 16.4 Å². The summed E-state index contributed by atoms with van der Waals surface area (Å²) in [7, 11) is 2.04. The lowest BCUT2D eigenvalue weighted by Crippen LogP contribution is -2.55. The lowest BCUT2D eigenvalue weighted by Gasteiger charge is -2.43. The highest BCUT2D eigenvalue weighted by molar-refractivity contribution is 5.78. The molecule has 2 atom stereocenters. The number of hydrogen-bond acceptors (Lipinski definition) is 7. The number of hydrogen-bond donors (Lipinski definition) is 2. The molecule has 0 spiro atoms. The zero-order valence-corrected chi connectivity index (χ0v) is 18.3. The molecule has 0 radical (unpaired) electrons. The zero-order chi connectivity index (χ0) is 22.4. The van der Waals surface area contributed by atoms with Gasteiger partial charge in [0.25, 0.3) is 0 Å². The highest BCUT2D eigenvalue weighted by Crippen LogP contribution is 2.37. The van der Waals surface area contributed by atoms with Crippen molar-refractivity contribution < 1.29 is 13.5 Å². The van der Waals surface area contributed by atoms with Gasteiger partial charge in [0.15, 0.2) is 5.82 Å². The van der Waals surface area contributed by atoms with Crippen molar-refractivity contribution in [3.63, 3.8) is 0 Å². The Morgan fingerprint density at radius 3 is 2.07 bits per heavy atom. The van der Waals surface area contributed by atoms with E-state index in [9.17, 15) is 8.78 Å². The summed E-state index contributed by atoms with van der Waals surface area (Å²) in [6.07, 6.45) is 2.56. The maximum atomic E-state index is 14.8. The van der Waals surface area contributed by atoms with Crippen LogP contribution in [0.3, 0.4) is 0 Å². The van der Waals surface area contributed by atoms with E-state index < -0.39 is 11.6 Å². The quantitative estimate of drug-likeness (QED) is 0.731. The fourth-order valence-corrected chi connectivity index (χ4v) is 3.42. The Hall–Kier alpha value is -2.52. The van der Waals surface area contributed by atoms with Crippen LogP contribution in [0.15, 0.2) is 18.5 Å². The van der Waals surface area contributed by atoms with Crippen molar-refractivity contribution >= 4 is 17.3 Å². The maximum Gasteiger partial charge on any atom is 0.219 e. The Morgan fingerprint density at radius 1 is 1.07 bits per heavy atom. The fourth-order valence-electron chi connectivity index (χ4n) is 3.42. The van der Waals surface area contributed by atoms with Gasteiger partial charge >= 0.3 is 0 Å². The van der Waals surface area contributed by atoms with E-state index in [1.54, 1.807) is 0 Å². The smallest absolute Gasteiger partial charge is 0.219 e. The molecule has 1 fully saturated rings. The zero-order valence-electron chi connectivity index (χ0n) is 18.3. The van der Waals surface area contributed by atoms with Crippen LogP contribution in [0.2, 0.25) is 0 Å². The first-order chi connectivity index (χ1) is 14.2. The van der Waals surface area contributed by atoms with Gasteiger partial charge in [-0.15, -0.1) is 0 Å². The lowest BCUT2D eigenvalue weighted by atomic mass is 10.0. The summed E-state index contributed by atoms with van der Waals surface area (Å²) in [6, 6.07) is 1.79. The Balaban J connectivity index is 0.000000575. The third-order valence-electron chi connectivity index (χ3n) is 5.30. The average molecular weight is 423 g/mol. The van der Waals surface area contributed by atoms with Crippen LogP contribution in [0.5, 0.6) is 0 Å². The van der Waals surface area contributed by atoms with Gasteiger partial charge in [-0.05, 0) is 34.7 Å². The molecule has 1 aliphatic rings. The van der Waals surface area contributed by atoms with Crippen molar-refractivity contribution in [1.82, 2.24) is 14.9 Å². The third kappa shape index (κ3) is 5.34. The van der Waals surface area contributed by atoms with Crippen LogP contribution in [-0.2, 0) is 4.74 Å². The Bertz CT molecular complexity index is 819. The summed E-state index contributed by atoms with van der Waals surface area (Å²) >= 11 is 0. The number of nitrogens with zero attached hydrogens (tertiary/aromatic N) is 4. The molecule has 1 aromatic carbocycles. The molecule has 0 aliphatic carbocycles. The predicted molar refractivity (Wildman–Crippen MR) is 117 cm³/mol. The molecule has 4 N–H and O–H groups in total. The highest BCUT2D eigenvalue weighted by Gasteiger charge is 2.29. The first-order valence-corrected chi connectivity index (χ1v) is 10.1. The lowest BCUT2D eigenvalue weighted by molar-refractivity contribution is 0.162. The summed E-state index contributed by atoms with van der Waals surface area (Å²) < 4.78 is 34.4. The van der Waals surface area contributed by atoms with Crippen LogP contribution in [0.25, 0.3) is 11.1 Å². The van der Waals surface area contributed by atoms with Crippen molar-refractivity contribution in [2.75, 3.05) is 49.7 Å². The van der Waals surface area contributed by atoms with E-state index in [0.29, 0.717) is 18.8 Å². The highest BCUT2D eigenvalue weighted by atomic mass is 19.1. The van der Waals surface area contributed by atoms with E-state index in [1.807, 2.05) is 25.8 Å². The van der Waals surface area contributed by atoms with Crippen molar-refractivity contribution in [1.29, 1.82) is 0 Å². The van der Waals surface area contributed by atoms with Crippen molar-refractivity contribution in [3.8, 4) is 11.1 Å². The third-order valence-corrected chi connectivity index (χ3v) is 5.30. The van der Waals surface area contributed by atoms with Crippen molar-refractivity contribution in [2.45, 2.75) is 39.8 Å². The van der Waals surface area contributed by atoms with Crippen LogP contribution in [0, 0.1) is 11.6 Å². The predicted octanol–water partition coefficient (Wildman–Crippen LogP) is 3.16. The fraction of sp³-hybridized carbons (Fsp3) is 0.524. The molecule has 0 amide bonds. The number of benzene rings is 1. The normalized spacial score (nSPS) is 19.4. The van der Waals surface area contributed by atoms with Crippen LogP contribution >= 0.6 is 0 Å². The van der Waals surface area contributed by atoms with Gasteiger partial charge in [-0.2, -0.15) is 0 Å². The molecular weight excluding hydrogens is 390 g/mol. The van der Waals surface area contributed by atoms with Gasteiger partial charge in [-0.1, -0.05) is 0 Å². The van der Waals surface area contributed by atoms with E-state index in [1.165, 1.54) is 18.5 Å². The van der Waals surface area contributed by atoms with Gasteiger partial charge in [0.05, 0.1) is 16.9 Å². The molecule has 1 saturated heterocycles. The second-order valence-electron chi connectivity index (χ2n) is 7.36. The largest absolute Gasteiger partial charge is 0.395 e. The van der Waals surface area contributed by atoms with Gasteiger partial charge in [-0.3, -0.25) is 4.90 Å². The van der Waals surface area contributed by atoms with Crippen LogP contribution in [0.4, 0.5) is 26.1 Å². The second kappa shape index (κ2) is 10.5. The number of rotatable bonds is 4. The molecule has 2 aromatic rings. The number of likely N-dealkylation sites (N-methyl/N-ethyl adjacent to an activating group) is 1. The Morgan fingerprint density at radius 2 is 1.60 bits per heavy atom. The number of anilines is 3. The first-order valence-electron chi connectivity index (χ1n) is 10.1. The van der Waals surface area contributed by atoms with Crippen molar-refractivity contribution in [3.05, 3.63) is 30.1 Å². The number of nitrogens with two attached hydrogens (primary N) is 2. The molecule has 7 nitrogen and oxygen atoms in total. The average Bonchev–Trinajstić information content (AvgIpc) is 2.71. The summed E-state index contributed by atoms with van der Waals surface area (Å²) in [5, 5.41) is 0. The molecular formula is C21H32F2N6O. The summed E-state index contributed by atoms with van der Waals surface area (Å²) in [4.78, 5) is 11.7. The standard InChI is InChI=1S/C17H22F2N6.C4H10O/c1-9-7-25(8-10(2)24(9)3)13-4-12(18)14(15(19)16(13)20)11-5-22-17(21)23-6-11;1-3-5-4-2/h4-6,9-10H,7-8,20H2,1-3H3,(H2,21,22,23);3-4H2,1-2H3/t9-,10+;. The maximum absolute atomic E-state index is 14.8. The number of piperazine rings is 1. The Labute approximate surface area is 177 Å². The summed E-state index contributed by atoms with van der Waals surface area (Å²) in [6.45, 7) is 11.1. The summed E-state index contributed by atoms with van der Waals surface area (Å²) in [5.41, 5.74) is 11.7. The van der Waals surface area contributed by atoms with E-state index in [2.05, 4.69) is 28.7 Å². The monoisotopic (exact) mass is 422 g/mol. The minimum atomic E-state index is -0.803. The molecule has 9 heteroatoms. The number of halogens is 2. The van der Waals surface area contributed by atoms with Gasteiger partial charge in [0.2, 0.25) is 5.95 Å². The van der Waals surface area contributed by atoms with Gasteiger partial charge in [-0.25, -0.2) is 18.7 Å². The first kappa shape index (κ1) is 23.8. The molecule has 0 saturated carbocycles. The van der Waals surface area contributed by atoms with Crippen LogP contribution in [-0.4, -0.2) is 60.3 Å².